The van der Waals surface area contributed by atoms with Gasteiger partial charge in [-0.2, -0.15) is 0 Å². The predicted octanol–water partition coefficient (Wildman–Crippen LogP) is 2.01. The van der Waals surface area contributed by atoms with Gasteiger partial charge in [0.1, 0.15) is 0 Å². The number of hydrogen-bond acceptors (Lipinski definition) is 2. The Labute approximate surface area is 91.6 Å². The van der Waals surface area contributed by atoms with E-state index >= 15 is 0 Å². The number of amides is 1. The lowest BCUT2D eigenvalue weighted by Gasteiger charge is -2.22. The third-order valence-corrected chi connectivity index (χ3v) is 3.05. The molecule has 0 unspecified atom stereocenters. The molecule has 3 heteroatoms. The van der Waals surface area contributed by atoms with E-state index in [4.69, 9.17) is 0 Å². The van der Waals surface area contributed by atoms with Crippen molar-refractivity contribution in [2.45, 2.75) is 58.0 Å². The first kappa shape index (κ1) is 10.7. The maximum atomic E-state index is 12.2. The molecule has 0 aromatic carbocycles. The molecule has 0 heterocycles. The van der Waals surface area contributed by atoms with Crippen LogP contribution in [0.3, 0.4) is 0 Å². The van der Waals surface area contributed by atoms with Crippen LogP contribution >= 0.6 is 0 Å². The summed E-state index contributed by atoms with van der Waals surface area (Å²) in [5.41, 5.74) is 0.774. The van der Waals surface area contributed by atoms with Gasteiger partial charge in [-0.3, -0.25) is 9.79 Å². The molecule has 0 saturated heterocycles. The van der Waals surface area contributed by atoms with Gasteiger partial charge in [-0.05, 0) is 39.0 Å². The molecular formula is C12H20N2O. The average Bonchev–Trinajstić information content (AvgIpc) is 3.06. The van der Waals surface area contributed by atoms with Crippen LogP contribution in [0.1, 0.15) is 46.0 Å². The zero-order valence-electron chi connectivity index (χ0n) is 9.70. The van der Waals surface area contributed by atoms with E-state index in [0.29, 0.717) is 12.1 Å². The molecule has 3 nitrogen and oxygen atoms in total. The molecule has 0 aromatic heterocycles. The molecule has 2 rings (SSSR count). The SMILES string of the molecule is CCN=C(CC)C(=O)N(C1CC1)C1CC1. The number of nitrogens with zero attached hydrogens (tertiary/aromatic N) is 2. The summed E-state index contributed by atoms with van der Waals surface area (Å²) in [5, 5.41) is 0. The Hall–Kier alpha value is -0.860. The van der Waals surface area contributed by atoms with Crippen molar-refractivity contribution in [1.29, 1.82) is 0 Å². The van der Waals surface area contributed by atoms with Crippen molar-refractivity contribution in [1.82, 2.24) is 4.90 Å². The summed E-state index contributed by atoms with van der Waals surface area (Å²) in [7, 11) is 0. The monoisotopic (exact) mass is 208 g/mol. The molecule has 0 aromatic rings. The first-order valence-corrected chi connectivity index (χ1v) is 6.13. The van der Waals surface area contributed by atoms with Crippen molar-refractivity contribution in [2.75, 3.05) is 6.54 Å². The molecule has 0 bridgehead atoms. The molecule has 2 saturated carbocycles. The van der Waals surface area contributed by atoms with Crippen LogP contribution in [0.2, 0.25) is 0 Å². The summed E-state index contributed by atoms with van der Waals surface area (Å²) in [4.78, 5) is 18.6. The van der Waals surface area contributed by atoms with E-state index in [1.165, 1.54) is 25.7 Å². The minimum atomic E-state index is 0.212. The predicted molar refractivity (Wildman–Crippen MR) is 61.2 cm³/mol. The molecule has 15 heavy (non-hydrogen) atoms. The summed E-state index contributed by atoms with van der Waals surface area (Å²) >= 11 is 0. The lowest BCUT2D eigenvalue weighted by atomic mass is 10.2. The maximum Gasteiger partial charge on any atom is 0.268 e. The van der Waals surface area contributed by atoms with E-state index in [1.807, 2.05) is 13.8 Å². The Morgan fingerprint density at radius 2 is 1.73 bits per heavy atom. The Kier molecular flexibility index (Phi) is 3.08. The fraction of sp³-hybridized carbons (Fsp3) is 0.833. The number of aliphatic imine (C=N–C) groups is 1. The fourth-order valence-corrected chi connectivity index (χ4v) is 2.01. The normalized spacial score (nSPS) is 21.6. The molecule has 0 aliphatic heterocycles. The van der Waals surface area contributed by atoms with Gasteiger partial charge >= 0.3 is 0 Å². The molecule has 0 spiro atoms. The van der Waals surface area contributed by atoms with Crippen LogP contribution in [0.5, 0.6) is 0 Å². The van der Waals surface area contributed by atoms with Gasteiger partial charge in [-0.1, -0.05) is 6.92 Å². The zero-order valence-corrected chi connectivity index (χ0v) is 9.70. The van der Waals surface area contributed by atoms with Gasteiger partial charge in [-0.25, -0.2) is 0 Å². The van der Waals surface area contributed by atoms with Crippen LogP contribution < -0.4 is 0 Å². The van der Waals surface area contributed by atoms with Crippen LogP contribution in [0, 0.1) is 0 Å². The largest absolute Gasteiger partial charge is 0.332 e. The topological polar surface area (TPSA) is 32.7 Å². The highest BCUT2D eigenvalue weighted by Crippen LogP contribution is 2.37. The first-order chi connectivity index (χ1) is 7.27. The summed E-state index contributed by atoms with van der Waals surface area (Å²) in [6.07, 6.45) is 5.57. The van der Waals surface area contributed by atoms with E-state index in [-0.39, 0.29) is 5.91 Å². The Balaban J connectivity index is 2.05. The fourth-order valence-electron chi connectivity index (χ4n) is 2.01. The van der Waals surface area contributed by atoms with Gasteiger partial charge in [0.15, 0.2) is 0 Å². The van der Waals surface area contributed by atoms with Gasteiger partial charge in [0.05, 0.1) is 5.71 Å². The van der Waals surface area contributed by atoms with E-state index < -0.39 is 0 Å². The van der Waals surface area contributed by atoms with Crippen molar-refractivity contribution in [3.05, 3.63) is 0 Å². The van der Waals surface area contributed by atoms with E-state index in [1.54, 1.807) is 0 Å². The van der Waals surface area contributed by atoms with Crippen molar-refractivity contribution in [3.63, 3.8) is 0 Å². The van der Waals surface area contributed by atoms with Crippen molar-refractivity contribution in [2.24, 2.45) is 4.99 Å². The summed E-state index contributed by atoms with van der Waals surface area (Å²) in [5.74, 6) is 0.212. The highest BCUT2D eigenvalue weighted by Gasteiger charge is 2.42. The Morgan fingerprint density at radius 3 is 2.07 bits per heavy atom. The standard InChI is InChI=1S/C12H20N2O/c1-3-11(13-4-2)12(15)14(9-5-6-9)10-7-8-10/h9-10H,3-8H2,1-2H3. The quantitative estimate of drug-likeness (QED) is 0.636. The second-order valence-electron chi connectivity index (χ2n) is 4.45. The van der Waals surface area contributed by atoms with Gasteiger partial charge in [0.25, 0.3) is 5.91 Å². The van der Waals surface area contributed by atoms with Gasteiger partial charge in [0, 0.05) is 18.6 Å². The van der Waals surface area contributed by atoms with Crippen LogP contribution in [0.4, 0.5) is 0 Å². The molecule has 0 N–H and O–H groups in total. The maximum absolute atomic E-state index is 12.2. The Bertz CT molecular complexity index is 265. The highest BCUT2D eigenvalue weighted by molar-refractivity contribution is 6.38. The third-order valence-electron chi connectivity index (χ3n) is 3.05. The third kappa shape index (κ3) is 2.39. The summed E-state index contributed by atoms with van der Waals surface area (Å²) < 4.78 is 0. The lowest BCUT2D eigenvalue weighted by molar-refractivity contribution is -0.125. The van der Waals surface area contributed by atoms with Crippen molar-refractivity contribution in [3.8, 4) is 0 Å². The van der Waals surface area contributed by atoms with Gasteiger partial charge < -0.3 is 4.90 Å². The minimum Gasteiger partial charge on any atom is -0.332 e. The van der Waals surface area contributed by atoms with Crippen LogP contribution in [-0.2, 0) is 4.79 Å². The van der Waals surface area contributed by atoms with E-state index in [0.717, 1.165) is 18.7 Å². The van der Waals surface area contributed by atoms with Crippen LogP contribution in [0.25, 0.3) is 0 Å². The summed E-state index contributed by atoms with van der Waals surface area (Å²) in [6.45, 7) is 4.73. The van der Waals surface area contributed by atoms with Crippen molar-refractivity contribution >= 4 is 11.6 Å². The second kappa shape index (κ2) is 4.33. The van der Waals surface area contributed by atoms with Gasteiger partial charge in [-0.15, -0.1) is 0 Å². The number of rotatable bonds is 5. The molecule has 0 radical (unpaired) electrons. The Morgan fingerprint density at radius 1 is 1.20 bits per heavy atom. The van der Waals surface area contributed by atoms with Crippen LogP contribution in [-0.4, -0.2) is 35.1 Å². The van der Waals surface area contributed by atoms with E-state index in [9.17, 15) is 4.79 Å². The molecule has 1 amide bonds. The second-order valence-corrected chi connectivity index (χ2v) is 4.45. The molecule has 2 aliphatic rings. The zero-order chi connectivity index (χ0) is 10.8. The molecule has 0 atom stereocenters. The first-order valence-electron chi connectivity index (χ1n) is 6.13. The van der Waals surface area contributed by atoms with Crippen LogP contribution in [0.15, 0.2) is 4.99 Å². The average molecular weight is 208 g/mol. The number of hydrogen-bond donors (Lipinski definition) is 0. The molecular weight excluding hydrogens is 188 g/mol. The lowest BCUT2D eigenvalue weighted by Crippen LogP contribution is -2.39. The number of carbonyl (C=O) groups excluding carboxylic acids is 1. The minimum absolute atomic E-state index is 0.212. The molecule has 84 valence electrons. The van der Waals surface area contributed by atoms with Gasteiger partial charge in [0.2, 0.25) is 0 Å². The number of carbonyl (C=O) groups is 1. The highest BCUT2D eigenvalue weighted by atomic mass is 16.2. The molecule has 2 aliphatic carbocycles. The van der Waals surface area contributed by atoms with E-state index in [2.05, 4.69) is 9.89 Å². The smallest absolute Gasteiger partial charge is 0.268 e. The summed E-state index contributed by atoms with van der Waals surface area (Å²) in [6, 6.07) is 1.08. The molecule has 2 fully saturated rings. The van der Waals surface area contributed by atoms with Crippen molar-refractivity contribution < 1.29 is 4.79 Å².